The Kier molecular flexibility index (Phi) is 3.29. The number of methoxy groups -OCH3 is 1. The molecule has 0 saturated heterocycles. The van der Waals surface area contributed by atoms with Gasteiger partial charge in [-0.1, -0.05) is 0 Å². The Morgan fingerprint density at radius 3 is 2.33 bits per heavy atom. The lowest BCUT2D eigenvalue weighted by molar-refractivity contribution is 0.148. The molecule has 0 heterocycles. The summed E-state index contributed by atoms with van der Waals surface area (Å²) in [5.41, 5.74) is 5.40. The predicted octanol–water partition coefficient (Wildman–Crippen LogP) is 2.83. The van der Waals surface area contributed by atoms with Gasteiger partial charge < -0.3 is 10.5 Å². The fraction of sp³-hybridized carbons (Fsp3) is 0.455. The summed E-state index contributed by atoms with van der Waals surface area (Å²) in [6.07, 6.45) is -2.52. The Morgan fingerprint density at radius 1 is 1.33 bits per heavy atom. The molecule has 0 atom stereocenters. The highest BCUT2D eigenvalue weighted by molar-refractivity contribution is 5.40. The molecule has 84 valence electrons. The van der Waals surface area contributed by atoms with E-state index >= 15 is 0 Å². The number of ether oxygens (including phenoxy) is 1. The molecule has 1 aromatic rings. The molecule has 4 heteroatoms. The van der Waals surface area contributed by atoms with Crippen LogP contribution in [0.3, 0.4) is 0 Å². The summed E-state index contributed by atoms with van der Waals surface area (Å²) in [6.45, 7) is 3.38. The topological polar surface area (TPSA) is 35.2 Å². The summed E-state index contributed by atoms with van der Waals surface area (Å²) >= 11 is 0. The van der Waals surface area contributed by atoms with Crippen molar-refractivity contribution in [1.82, 2.24) is 0 Å². The molecule has 1 rings (SSSR count). The maximum Gasteiger partial charge on any atom is 0.264 e. The van der Waals surface area contributed by atoms with Crippen LogP contribution in [0.5, 0.6) is 5.75 Å². The van der Waals surface area contributed by atoms with Gasteiger partial charge in [0.15, 0.2) is 0 Å². The van der Waals surface area contributed by atoms with Crippen LogP contribution < -0.4 is 10.5 Å². The molecular formula is C11H15F2NO. The third-order valence-electron chi connectivity index (χ3n) is 2.19. The van der Waals surface area contributed by atoms with Crippen molar-refractivity contribution in [2.24, 2.45) is 5.73 Å². The van der Waals surface area contributed by atoms with Gasteiger partial charge in [0.1, 0.15) is 5.75 Å². The van der Waals surface area contributed by atoms with Crippen LogP contribution in [0.25, 0.3) is 0 Å². The molecule has 0 aromatic heterocycles. The zero-order chi connectivity index (χ0) is 11.6. The van der Waals surface area contributed by atoms with E-state index in [1.807, 2.05) is 0 Å². The van der Waals surface area contributed by atoms with Crippen LogP contribution in [0.4, 0.5) is 8.78 Å². The van der Waals surface area contributed by atoms with Crippen molar-refractivity contribution < 1.29 is 13.5 Å². The van der Waals surface area contributed by atoms with Gasteiger partial charge in [0, 0.05) is 11.1 Å². The second-order valence-electron chi connectivity index (χ2n) is 3.98. The lowest BCUT2D eigenvalue weighted by atomic mass is 9.91. The van der Waals surface area contributed by atoms with Crippen molar-refractivity contribution in [3.05, 3.63) is 29.3 Å². The molecule has 0 unspecified atom stereocenters. The summed E-state index contributed by atoms with van der Waals surface area (Å²) in [5, 5.41) is 0. The van der Waals surface area contributed by atoms with Gasteiger partial charge in [0.2, 0.25) is 0 Å². The molecule has 1 aromatic carbocycles. The fourth-order valence-electron chi connectivity index (χ4n) is 1.41. The third-order valence-corrected chi connectivity index (χ3v) is 2.19. The number of benzene rings is 1. The van der Waals surface area contributed by atoms with Gasteiger partial charge in [-0.2, -0.15) is 0 Å². The first kappa shape index (κ1) is 11.9. The molecule has 0 fully saturated rings. The highest BCUT2D eigenvalue weighted by atomic mass is 19.3. The first-order valence-electron chi connectivity index (χ1n) is 4.61. The van der Waals surface area contributed by atoms with Crippen LogP contribution in [0, 0.1) is 0 Å². The molecular weight excluding hydrogens is 200 g/mol. The summed E-state index contributed by atoms with van der Waals surface area (Å²) in [5.74, 6) is 0.535. The van der Waals surface area contributed by atoms with Gasteiger partial charge in [-0.3, -0.25) is 0 Å². The van der Waals surface area contributed by atoms with Crippen molar-refractivity contribution in [3.8, 4) is 5.75 Å². The maximum absolute atomic E-state index is 12.7. The number of alkyl halides is 2. The standard InChI is InChI=1S/C11H15F2NO/c1-11(2,14)9-6-7(15-3)4-5-8(9)10(12)13/h4-6,10H,14H2,1-3H3. The van der Waals surface area contributed by atoms with Crippen LogP contribution in [-0.2, 0) is 5.54 Å². The molecule has 0 aliphatic rings. The number of halogens is 2. The van der Waals surface area contributed by atoms with Crippen molar-refractivity contribution in [2.45, 2.75) is 25.8 Å². The van der Waals surface area contributed by atoms with Crippen molar-refractivity contribution in [1.29, 1.82) is 0 Å². The second kappa shape index (κ2) is 4.14. The Bertz CT molecular complexity index is 345. The summed E-state index contributed by atoms with van der Waals surface area (Å²) in [7, 11) is 1.49. The van der Waals surface area contributed by atoms with Crippen LogP contribution in [0.15, 0.2) is 18.2 Å². The lowest BCUT2D eigenvalue weighted by Crippen LogP contribution is -2.30. The third kappa shape index (κ3) is 2.65. The fourth-order valence-corrected chi connectivity index (χ4v) is 1.41. The van der Waals surface area contributed by atoms with E-state index in [0.717, 1.165) is 0 Å². The van der Waals surface area contributed by atoms with Crippen LogP contribution >= 0.6 is 0 Å². The summed E-state index contributed by atoms with van der Waals surface area (Å²) in [6, 6.07) is 4.42. The van der Waals surface area contributed by atoms with Crippen LogP contribution in [-0.4, -0.2) is 7.11 Å². The SMILES string of the molecule is COc1ccc(C(F)F)c(C(C)(C)N)c1. The zero-order valence-electron chi connectivity index (χ0n) is 9.05. The normalized spacial score (nSPS) is 11.9. The highest BCUT2D eigenvalue weighted by Crippen LogP contribution is 2.32. The largest absolute Gasteiger partial charge is 0.497 e. The minimum absolute atomic E-state index is 0.0386. The van der Waals surface area contributed by atoms with E-state index < -0.39 is 12.0 Å². The molecule has 0 amide bonds. The minimum atomic E-state index is -2.52. The highest BCUT2D eigenvalue weighted by Gasteiger charge is 2.23. The van der Waals surface area contributed by atoms with Gasteiger partial charge in [0.05, 0.1) is 7.11 Å². The number of nitrogens with two attached hydrogens (primary N) is 1. The van der Waals surface area contributed by atoms with Crippen LogP contribution in [0.1, 0.15) is 31.4 Å². The van der Waals surface area contributed by atoms with E-state index in [4.69, 9.17) is 10.5 Å². The predicted molar refractivity (Wildman–Crippen MR) is 55.2 cm³/mol. The van der Waals surface area contributed by atoms with E-state index in [0.29, 0.717) is 11.3 Å². The smallest absolute Gasteiger partial charge is 0.264 e. The van der Waals surface area contributed by atoms with Gasteiger partial charge in [-0.15, -0.1) is 0 Å². The van der Waals surface area contributed by atoms with Crippen molar-refractivity contribution in [3.63, 3.8) is 0 Å². The van der Waals surface area contributed by atoms with Gasteiger partial charge in [-0.25, -0.2) is 8.78 Å². The molecule has 2 N–H and O–H groups in total. The first-order chi connectivity index (χ1) is 6.86. The molecule has 0 radical (unpaired) electrons. The lowest BCUT2D eigenvalue weighted by Gasteiger charge is -2.23. The monoisotopic (exact) mass is 215 g/mol. The second-order valence-corrected chi connectivity index (χ2v) is 3.98. The average Bonchev–Trinajstić information content (AvgIpc) is 2.15. The van der Waals surface area contributed by atoms with Crippen molar-refractivity contribution >= 4 is 0 Å². The number of hydrogen-bond donors (Lipinski definition) is 1. The van der Waals surface area contributed by atoms with E-state index in [1.165, 1.54) is 19.2 Å². The Morgan fingerprint density at radius 2 is 1.93 bits per heavy atom. The molecule has 0 bridgehead atoms. The van der Waals surface area contributed by atoms with Gasteiger partial charge in [0.25, 0.3) is 6.43 Å². The quantitative estimate of drug-likeness (QED) is 0.841. The van der Waals surface area contributed by atoms with Crippen molar-refractivity contribution in [2.75, 3.05) is 7.11 Å². The summed E-state index contributed by atoms with van der Waals surface area (Å²) in [4.78, 5) is 0. The van der Waals surface area contributed by atoms with E-state index in [9.17, 15) is 8.78 Å². The van der Waals surface area contributed by atoms with E-state index in [-0.39, 0.29) is 5.56 Å². The van der Waals surface area contributed by atoms with Crippen LogP contribution in [0.2, 0.25) is 0 Å². The zero-order valence-corrected chi connectivity index (χ0v) is 9.05. The number of rotatable bonds is 3. The number of hydrogen-bond acceptors (Lipinski definition) is 2. The Labute approximate surface area is 88.0 Å². The molecule has 0 aliphatic heterocycles. The minimum Gasteiger partial charge on any atom is -0.497 e. The molecule has 0 saturated carbocycles. The Hall–Kier alpha value is -1.16. The maximum atomic E-state index is 12.7. The Balaban J connectivity index is 3.29. The van der Waals surface area contributed by atoms with Gasteiger partial charge >= 0.3 is 0 Å². The van der Waals surface area contributed by atoms with E-state index in [2.05, 4.69) is 0 Å². The molecule has 2 nitrogen and oxygen atoms in total. The summed E-state index contributed by atoms with van der Waals surface area (Å²) < 4.78 is 30.4. The molecule has 15 heavy (non-hydrogen) atoms. The molecule has 0 spiro atoms. The van der Waals surface area contributed by atoms with Gasteiger partial charge in [-0.05, 0) is 37.6 Å². The van der Waals surface area contributed by atoms with E-state index in [1.54, 1.807) is 19.9 Å². The average molecular weight is 215 g/mol. The first-order valence-corrected chi connectivity index (χ1v) is 4.61. The molecule has 0 aliphatic carbocycles.